The number of hydrogen-bond acceptors (Lipinski definition) is 24. The Bertz CT molecular complexity index is 4100. The summed E-state index contributed by atoms with van der Waals surface area (Å²) >= 11 is 0. The smallest absolute Gasteiger partial charge is 0.344 e. The standard InChI is InChI=1S/C31H48O8.C23H38O4.C23H40O4.C22H36O4.C22H38O4/c1-6-29(2,3)28(35)37-12-11-36-26(33)23-9-7-8-10-24(23)27(34)38-19-25(32)39-30(4,5)31-16-20-13-21(17-31)15-22(14-20)18-31;1-6-21(4,5)20(25)26-15-19(24)27-23(7-2,8-3)22-12-16-9-17(13-22)11-18(10-16)14-22;1-5-22(3,4)21(25)26-17-20(24)27-23(6-2,18-13-9-7-10-14-18)19-15-11-8-12-16-19;1-6-20(3,4)19(24)25-14-18(23)26-21(5,7-2)22-11-15-8-16(12-22)10-17(9-15)13-22;1-5-21(2,3)20(24)25-16-19(23)26-22(4,17-12-8-6-9-13-17)18-14-10-7-11-15-18/h20-24H,6-19H2,1-5H3;16-18H,6-15H2,1-5H3;18-19H,5-17H2,1-4H3;15-17H,6-14H2,1-5H3;17-18H,5-16H2,1-4H3. The molecule has 24 heteroatoms. The minimum atomic E-state index is -0.656. The lowest BCUT2D eigenvalue weighted by molar-refractivity contribution is -0.215. The van der Waals surface area contributed by atoms with Gasteiger partial charge in [0.25, 0.3) is 0 Å². The second kappa shape index (κ2) is 51.8. The first kappa shape index (κ1) is 120. The Morgan fingerprint density at radius 3 is 0.800 bits per heavy atom. The molecule has 17 rings (SSSR count). The molecular formula is C121H200O24. The molecule has 828 valence electrons. The van der Waals surface area contributed by atoms with Gasteiger partial charge >= 0.3 is 71.6 Å². The topological polar surface area (TPSA) is 316 Å². The van der Waals surface area contributed by atoms with Gasteiger partial charge in [0.1, 0.15) is 41.2 Å². The largest absolute Gasteiger partial charge is 0.462 e. The van der Waals surface area contributed by atoms with E-state index in [4.69, 9.17) is 56.8 Å². The van der Waals surface area contributed by atoms with Crippen LogP contribution in [0.3, 0.4) is 0 Å². The van der Waals surface area contributed by atoms with Crippen LogP contribution in [0, 0.1) is 132 Å². The summed E-state index contributed by atoms with van der Waals surface area (Å²) in [6.07, 6.45) is 56.3. The van der Waals surface area contributed by atoms with Crippen molar-refractivity contribution in [2.45, 2.75) is 515 Å². The third-order valence-corrected chi connectivity index (χ3v) is 40.7. The number of carbonyl (C=O) groups excluding carboxylic acids is 12. The van der Waals surface area contributed by atoms with Crippen molar-refractivity contribution in [3.63, 3.8) is 0 Å². The Morgan fingerprint density at radius 1 is 0.234 bits per heavy atom. The third kappa shape index (κ3) is 30.0. The Morgan fingerprint density at radius 2 is 0.490 bits per heavy atom. The number of hydrogen-bond donors (Lipinski definition) is 0. The summed E-state index contributed by atoms with van der Waals surface area (Å²) in [7, 11) is 0. The van der Waals surface area contributed by atoms with E-state index >= 15 is 0 Å². The van der Waals surface area contributed by atoms with Crippen LogP contribution in [-0.4, -0.2) is 146 Å². The van der Waals surface area contributed by atoms with Crippen molar-refractivity contribution < 1.29 is 114 Å². The molecule has 0 heterocycles. The molecule has 3 unspecified atom stereocenters. The van der Waals surface area contributed by atoms with E-state index in [1.807, 2.05) is 104 Å². The maximum absolute atomic E-state index is 13.0. The van der Waals surface area contributed by atoms with Gasteiger partial charge in [-0.3, -0.25) is 33.6 Å². The van der Waals surface area contributed by atoms with Gasteiger partial charge in [0.2, 0.25) is 0 Å². The predicted octanol–water partition coefficient (Wildman–Crippen LogP) is 26.8. The molecule has 0 aromatic heterocycles. The molecule has 145 heavy (non-hydrogen) atoms. The molecule has 0 radical (unpaired) electrons. The maximum atomic E-state index is 13.0. The Hall–Kier alpha value is -6.36. The maximum Gasteiger partial charge on any atom is 0.344 e. The van der Waals surface area contributed by atoms with Crippen LogP contribution in [0.1, 0.15) is 487 Å². The molecule has 0 aromatic rings. The van der Waals surface area contributed by atoms with E-state index in [2.05, 4.69) is 41.5 Å². The van der Waals surface area contributed by atoms with Crippen LogP contribution in [-0.2, 0) is 114 Å². The monoisotopic (exact) mass is 2040 g/mol. The Kier molecular flexibility index (Phi) is 43.1. The summed E-state index contributed by atoms with van der Waals surface area (Å²) in [5, 5.41) is 0. The van der Waals surface area contributed by atoms with Gasteiger partial charge in [-0.2, -0.15) is 0 Å². The Balaban J connectivity index is 0.000000188. The first-order valence-corrected chi connectivity index (χ1v) is 58.6. The molecule has 12 bridgehead atoms. The summed E-state index contributed by atoms with van der Waals surface area (Å²) in [5.74, 6) is 2.85. The third-order valence-electron chi connectivity index (χ3n) is 40.7. The lowest BCUT2D eigenvalue weighted by atomic mass is 9.44. The quantitative estimate of drug-likeness (QED) is 0.0312. The molecule has 24 nitrogen and oxygen atoms in total. The van der Waals surface area contributed by atoms with Crippen molar-refractivity contribution in [3.8, 4) is 0 Å². The van der Waals surface area contributed by atoms with Crippen LogP contribution in [0.15, 0.2) is 0 Å². The zero-order chi connectivity index (χ0) is 107. The molecular weight excluding hydrogens is 1840 g/mol. The summed E-state index contributed by atoms with van der Waals surface area (Å²) < 4.78 is 67.7. The highest BCUT2D eigenvalue weighted by Crippen LogP contribution is 2.69. The van der Waals surface area contributed by atoms with Crippen molar-refractivity contribution >= 4 is 71.6 Å². The van der Waals surface area contributed by atoms with Crippen molar-refractivity contribution in [2.75, 3.05) is 46.2 Å². The van der Waals surface area contributed by atoms with Gasteiger partial charge < -0.3 is 56.8 Å². The van der Waals surface area contributed by atoms with Crippen molar-refractivity contribution in [1.82, 2.24) is 0 Å². The minimum Gasteiger partial charge on any atom is -0.462 e. The molecule has 17 saturated carbocycles. The number of rotatable bonds is 41. The first-order chi connectivity index (χ1) is 68.3. The van der Waals surface area contributed by atoms with E-state index in [9.17, 15) is 57.5 Å². The molecule has 0 N–H and O–H groups in total. The number of ether oxygens (including phenoxy) is 12. The van der Waals surface area contributed by atoms with Gasteiger partial charge in [-0.25, -0.2) is 24.0 Å². The average Bonchev–Trinajstić information content (AvgIpc) is 0.714. The Labute approximate surface area is 874 Å². The van der Waals surface area contributed by atoms with Crippen LogP contribution >= 0.6 is 0 Å². The van der Waals surface area contributed by atoms with Crippen molar-refractivity contribution in [2.24, 2.45) is 132 Å². The van der Waals surface area contributed by atoms with Crippen molar-refractivity contribution in [1.29, 1.82) is 0 Å². The fourth-order valence-corrected chi connectivity index (χ4v) is 30.2. The molecule has 0 aliphatic heterocycles. The van der Waals surface area contributed by atoms with Crippen molar-refractivity contribution in [3.05, 3.63) is 0 Å². The average molecular weight is 2040 g/mol. The van der Waals surface area contributed by atoms with E-state index < -0.39 is 91.8 Å². The van der Waals surface area contributed by atoms with E-state index in [1.165, 1.54) is 173 Å². The van der Waals surface area contributed by atoms with E-state index in [0.29, 0.717) is 68.6 Å². The van der Waals surface area contributed by atoms with E-state index in [1.54, 1.807) is 13.8 Å². The molecule has 17 aliphatic rings. The van der Waals surface area contributed by atoms with Gasteiger partial charge in [-0.05, 0) is 411 Å². The SMILES string of the molecule is CCC(C)(C)C(=O)OCC(=O)OC(C)(C1CCCCC1)C1CCCCC1.CCC(C)(C)C(=O)OCC(=O)OC(C)(CC)C12CC3CC(CC(C3)C1)C2.CCC(C)(C)C(=O)OCC(=O)OC(CC)(C1CCCCC1)C1CCCCC1.CCC(C)(C)C(=O)OCC(=O)OC(CC)(CC)C12CC3CC(CC(C3)C1)C2.CCC(C)(C)C(=O)OCCOC(=O)C1CCCCC1C(=O)OCC(=O)OC(C)(C)C12CC3CC(CC(C3)C1)C2. The van der Waals surface area contributed by atoms with Crippen LogP contribution in [0.25, 0.3) is 0 Å². The first-order valence-electron chi connectivity index (χ1n) is 58.6. The number of carbonyl (C=O) groups is 12. The molecule has 0 aromatic carbocycles. The highest BCUT2D eigenvalue weighted by atomic mass is 16.6. The van der Waals surface area contributed by atoms with E-state index in [-0.39, 0.29) is 109 Å². The summed E-state index contributed by atoms with van der Waals surface area (Å²) in [6, 6.07) is 0. The highest BCUT2D eigenvalue weighted by Gasteiger charge is 2.64. The zero-order valence-corrected chi connectivity index (χ0v) is 95.0. The minimum absolute atomic E-state index is 0.0141. The fourth-order valence-electron chi connectivity index (χ4n) is 30.2. The van der Waals surface area contributed by atoms with Gasteiger partial charge in [-0.15, -0.1) is 0 Å². The lowest BCUT2D eigenvalue weighted by Gasteiger charge is -2.63. The van der Waals surface area contributed by atoms with Gasteiger partial charge in [0, 0.05) is 16.2 Å². The van der Waals surface area contributed by atoms with Gasteiger partial charge in [0.05, 0.1) is 38.9 Å². The molecule has 0 saturated heterocycles. The second-order valence-electron chi connectivity index (χ2n) is 52.5. The summed E-state index contributed by atoms with van der Waals surface area (Å²) in [5.41, 5.74) is -4.82. The number of esters is 12. The van der Waals surface area contributed by atoms with E-state index in [0.717, 1.165) is 162 Å². The zero-order valence-electron chi connectivity index (χ0n) is 95.0. The van der Waals surface area contributed by atoms with Gasteiger partial charge in [0.15, 0.2) is 33.0 Å². The fraction of sp³-hybridized carbons (Fsp3) is 0.901. The molecule has 3 atom stereocenters. The van der Waals surface area contributed by atoms with Crippen LogP contribution in [0.2, 0.25) is 0 Å². The predicted molar refractivity (Wildman–Crippen MR) is 559 cm³/mol. The molecule has 0 spiro atoms. The molecule has 0 amide bonds. The normalized spacial score (nSPS) is 28.4. The summed E-state index contributed by atoms with van der Waals surface area (Å²) in [4.78, 5) is 150. The molecule has 17 fully saturated rings. The van der Waals surface area contributed by atoms with Crippen LogP contribution < -0.4 is 0 Å². The van der Waals surface area contributed by atoms with Gasteiger partial charge in [-0.1, -0.05) is 152 Å². The lowest BCUT2D eigenvalue weighted by Crippen LogP contribution is -2.59. The molecule has 17 aliphatic carbocycles. The van der Waals surface area contributed by atoms with Crippen LogP contribution in [0.5, 0.6) is 0 Å². The highest BCUT2D eigenvalue weighted by molar-refractivity contribution is 5.85. The van der Waals surface area contributed by atoms with Crippen LogP contribution in [0.4, 0.5) is 0 Å². The summed E-state index contributed by atoms with van der Waals surface area (Å²) in [6.45, 7) is 43.4. The second-order valence-corrected chi connectivity index (χ2v) is 52.5.